The van der Waals surface area contributed by atoms with Crippen LogP contribution in [-0.2, 0) is 19.1 Å². The molecule has 2 rings (SSSR count). The standard InChI is InChI=1S/C16H26O5/c1-3-5-6-9-12(4-2)20-14(19)16-11-8-7-10-15(16,21-16)13(17)18/h12H,3-11H2,1-2H3,(H,17,18). The van der Waals surface area contributed by atoms with E-state index in [1.165, 1.54) is 0 Å². The number of hydrogen-bond donors (Lipinski definition) is 1. The third kappa shape index (κ3) is 2.80. The summed E-state index contributed by atoms with van der Waals surface area (Å²) in [5.74, 6) is -1.49. The van der Waals surface area contributed by atoms with Crippen molar-refractivity contribution in [3.05, 3.63) is 0 Å². The lowest BCUT2D eigenvalue weighted by molar-refractivity contribution is -0.158. The molecule has 3 atom stereocenters. The molecule has 0 aromatic carbocycles. The van der Waals surface area contributed by atoms with E-state index in [0.717, 1.165) is 44.9 Å². The third-order valence-corrected chi connectivity index (χ3v) is 4.80. The van der Waals surface area contributed by atoms with Gasteiger partial charge in [0.15, 0.2) is 0 Å². The van der Waals surface area contributed by atoms with Crippen molar-refractivity contribution in [2.24, 2.45) is 0 Å². The first-order valence-corrected chi connectivity index (χ1v) is 8.17. The number of hydrogen-bond acceptors (Lipinski definition) is 4. The van der Waals surface area contributed by atoms with Crippen LogP contribution in [0.4, 0.5) is 0 Å². The van der Waals surface area contributed by atoms with E-state index in [2.05, 4.69) is 6.92 Å². The summed E-state index contributed by atoms with van der Waals surface area (Å²) in [5, 5.41) is 9.39. The molecule has 21 heavy (non-hydrogen) atoms. The first-order valence-electron chi connectivity index (χ1n) is 8.17. The average Bonchev–Trinajstić information content (AvgIpc) is 3.18. The third-order valence-electron chi connectivity index (χ3n) is 4.80. The van der Waals surface area contributed by atoms with Crippen molar-refractivity contribution in [3.63, 3.8) is 0 Å². The molecule has 0 amide bonds. The molecule has 1 heterocycles. The highest BCUT2D eigenvalue weighted by atomic mass is 16.7. The number of aliphatic carboxylic acids is 1. The largest absolute Gasteiger partial charge is 0.479 e. The van der Waals surface area contributed by atoms with Crippen LogP contribution in [0.15, 0.2) is 0 Å². The van der Waals surface area contributed by atoms with Crippen LogP contribution in [0.5, 0.6) is 0 Å². The second-order valence-corrected chi connectivity index (χ2v) is 6.20. The Balaban J connectivity index is 1.97. The molecule has 0 bridgehead atoms. The fourth-order valence-corrected chi connectivity index (χ4v) is 3.37. The first kappa shape index (κ1) is 16.3. The van der Waals surface area contributed by atoms with Gasteiger partial charge in [0.2, 0.25) is 11.2 Å². The fourth-order valence-electron chi connectivity index (χ4n) is 3.37. The molecule has 0 aromatic heterocycles. The zero-order valence-corrected chi connectivity index (χ0v) is 13.0. The number of esters is 1. The number of rotatable bonds is 8. The van der Waals surface area contributed by atoms with Gasteiger partial charge in [-0.2, -0.15) is 0 Å². The van der Waals surface area contributed by atoms with E-state index in [0.29, 0.717) is 12.8 Å². The van der Waals surface area contributed by atoms with Gasteiger partial charge in [0.05, 0.1) is 0 Å². The maximum Gasteiger partial charge on any atom is 0.342 e. The van der Waals surface area contributed by atoms with Crippen LogP contribution < -0.4 is 0 Å². The maximum absolute atomic E-state index is 12.5. The Morgan fingerprint density at radius 1 is 1.19 bits per heavy atom. The van der Waals surface area contributed by atoms with Crippen molar-refractivity contribution in [2.75, 3.05) is 0 Å². The van der Waals surface area contributed by atoms with Gasteiger partial charge in [-0.15, -0.1) is 0 Å². The first-order chi connectivity index (χ1) is 10.0. The van der Waals surface area contributed by atoms with Crippen LogP contribution in [0.1, 0.15) is 71.6 Å². The molecule has 120 valence electrons. The predicted octanol–water partition coefficient (Wildman–Crippen LogP) is 3.05. The summed E-state index contributed by atoms with van der Waals surface area (Å²) in [6, 6.07) is 0. The molecular formula is C16H26O5. The molecule has 0 spiro atoms. The minimum atomic E-state index is -1.32. The van der Waals surface area contributed by atoms with E-state index in [1.54, 1.807) is 0 Å². The van der Waals surface area contributed by atoms with Gasteiger partial charge < -0.3 is 14.6 Å². The van der Waals surface area contributed by atoms with Crippen molar-refractivity contribution >= 4 is 11.9 Å². The summed E-state index contributed by atoms with van der Waals surface area (Å²) in [7, 11) is 0. The van der Waals surface area contributed by atoms with Crippen molar-refractivity contribution in [1.29, 1.82) is 0 Å². The Kier molecular flexibility index (Phi) is 4.91. The second kappa shape index (κ2) is 6.34. The molecule has 5 nitrogen and oxygen atoms in total. The Morgan fingerprint density at radius 2 is 1.86 bits per heavy atom. The lowest BCUT2D eigenvalue weighted by atomic mass is 9.79. The van der Waals surface area contributed by atoms with Crippen LogP contribution in [0.3, 0.4) is 0 Å². The van der Waals surface area contributed by atoms with Crippen LogP contribution >= 0.6 is 0 Å². The highest BCUT2D eigenvalue weighted by Gasteiger charge is 2.80. The zero-order chi connectivity index (χ0) is 15.5. The quantitative estimate of drug-likeness (QED) is 0.423. The number of epoxide rings is 1. The van der Waals surface area contributed by atoms with Gasteiger partial charge in [-0.25, -0.2) is 9.59 Å². The second-order valence-electron chi connectivity index (χ2n) is 6.20. The maximum atomic E-state index is 12.5. The highest BCUT2D eigenvalue weighted by molar-refractivity contribution is 5.97. The molecule has 2 aliphatic rings. The van der Waals surface area contributed by atoms with Gasteiger partial charge in [-0.05, 0) is 44.9 Å². The molecule has 1 aliphatic heterocycles. The smallest absolute Gasteiger partial charge is 0.342 e. The molecule has 1 saturated carbocycles. The normalized spacial score (nSPS) is 32.1. The molecule has 0 aromatic rings. The topological polar surface area (TPSA) is 76.1 Å². The van der Waals surface area contributed by atoms with Gasteiger partial charge in [0, 0.05) is 0 Å². The molecule has 1 N–H and O–H groups in total. The van der Waals surface area contributed by atoms with E-state index in [9.17, 15) is 14.7 Å². The van der Waals surface area contributed by atoms with Gasteiger partial charge in [-0.3, -0.25) is 0 Å². The van der Waals surface area contributed by atoms with Crippen LogP contribution in [0.25, 0.3) is 0 Å². The summed E-state index contributed by atoms with van der Waals surface area (Å²) in [5.41, 5.74) is -2.53. The van der Waals surface area contributed by atoms with Crippen molar-refractivity contribution in [1.82, 2.24) is 0 Å². The van der Waals surface area contributed by atoms with Crippen molar-refractivity contribution < 1.29 is 24.2 Å². The molecular weight excluding hydrogens is 272 g/mol. The van der Waals surface area contributed by atoms with Crippen molar-refractivity contribution in [2.45, 2.75) is 88.9 Å². The van der Waals surface area contributed by atoms with E-state index in [4.69, 9.17) is 9.47 Å². The monoisotopic (exact) mass is 298 g/mol. The summed E-state index contributed by atoms with van der Waals surface area (Å²) >= 11 is 0. The minimum Gasteiger partial charge on any atom is -0.479 e. The SMILES string of the molecule is CCCCCC(CC)OC(=O)C12CCCCC1(C(=O)O)O2. The van der Waals surface area contributed by atoms with E-state index >= 15 is 0 Å². The molecule has 3 unspecified atom stereocenters. The lowest BCUT2D eigenvalue weighted by Crippen LogP contribution is -2.44. The lowest BCUT2D eigenvalue weighted by Gasteiger charge is -2.23. The Hall–Kier alpha value is -1.10. The summed E-state index contributed by atoms with van der Waals surface area (Å²) in [6.45, 7) is 4.12. The molecule has 1 saturated heterocycles. The van der Waals surface area contributed by atoms with Gasteiger partial charge in [-0.1, -0.05) is 26.7 Å². The number of unbranched alkanes of at least 4 members (excludes halogenated alkanes) is 2. The van der Waals surface area contributed by atoms with Gasteiger partial charge in [0.25, 0.3) is 0 Å². The molecule has 0 radical (unpaired) electrons. The zero-order valence-electron chi connectivity index (χ0n) is 13.0. The predicted molar refractivity (Wildman–Crippen MR) is 77.0 cm³/mol. The Bertz CT molecular complexity index is 407. The summed E-state index contributed by atoms with van der Waals surface area (Å²) < 4.78 is 11.1. The number of carbonyl (C=O) groups is 2. The van der Waals surface area contributed by atoms with Crippen LogP contribution in [0.2, 0.25) is 0 Å². The summed E-state index contributed by atoms with van der Waals surface area (Å²) in [4.78, 5) is 23.9. The van der Waals surface area contributed by atoms with E-state index in [1.807, 2.05) is 6.92 Å². The molecule has 2 fully saturated rings. The highest BCUT2D eigenvalue weighted by Crippen LogP contribution is 2.58. The molecule has 5 heteroatoms. The number of ether oxygens (including phenoxy) is 2. The molecule has 1 aliphatic carbocycles. The number of carbonyl (C=O) groups excluding carboxylic acids is 1. The van der Waals surface area contributed by atoms with Gasteiger partial charge in [0.1, 0.15) is 6.10 Å². The van der Waals surface area contributed by atoms with Crippen molar-refractivity contribution in [3.8, 4) is 0 Å². The average molecular weight is 298 g/mol. The Morgan fingerprint density at radius 3 is 2.43 bits per heavy atom. The fraction of sp³-hybridized carbons (Fsp3) is 0.875. The number of carboxylic acids is 1. The van der Waals surface area contributed by atoms with Crippen LogP contribution in [-0.4, -0.2) is 34.4 Å². The summed E-state index contributed by atoms with van der Waals surface area (Å²) in [6.07, 6.45) is 7.21. The van der Waals surface area contributed by atoms with Crippen LogP contribution in [0, 0.1) is 0 Å². The van der Waals surface area contributed by atoms with Gasteiger partial charge >= 0.3 is 11.9 Å². The number of carboxylic acid groups (broad SMARTS) is 1. The Labute approximate surface area is 126 Å². The number of fused-ring (bicyclic) bond motifs is 1. The van der Waals surface area contributed by atoms with E-state index < -0.39 is 23.1 Å². The minimum absolute atomic E-state index is 0.129. The van der Waals surface area contributed by atoms with E-state index in [-0.39, 0.29) is 6.10 Å².